The van der Waals surface area contributed by atoms with E-state index in [1.54, 1.807) is 0 Å². The number of ether oxygens (including phenoxy) is 3. The molecule has 1 aromatic carbocycles. The van der Waals surface area contributed by atoms with Crippen LogP contribution >= 0.6 is 0 Å². The van der Waals surface area contributed by atoms with Crippen LogP contribution in [0.15, 0.2) is 22.6 Å². The fraction of sp³-hybridized carbons (Fsp3) is 0.571. The highest BCUT2D eigenvalue weighted by molar-refractivity contribution is 5.78. The summed E-state index contributed by atoms with van der Waals surface area (Å²) in [6.07, 6.45) is -7.74. The lowest BCUT2D eigenvalue weighted by Crippen LogP contribution is -2.53. The molecule has 1 heterocycles. The van der Waals surface area contributed by atoms with E-state index in [0.29, 0.717) is 31.4 Å². The molecule has 0 spiro atoms. The molecular weight excluding hydrogens is 507 g/mol. The third-order valence-electron chi connectivity index (χ3n) is 5.96. The molecule has 3 aliphatic rings. The number of aromatic nitrogens is 2. The van der Waals surface area contributed by atoms with Gasteiger partial charge in [-0.2, -0.15) is 26.3 Å². The van der Waals surface area contributed by atoms with Crippen LogP contribution in [0.1, 0.15) is 36.6 Å². The summed E-state index contributed by atoms with van der Waals surface area (Å²) in [6.45, 7) is -2.44. The number of nitrogens with one attached hydrogen (secondary N) is 1. The molecule has 15 heteroatoms. The van der Waals surface area contributed by atoms with Crippen LogP contribution in [0.25, 0.3) is 0 Å². The minimum Gasteiger partial charge on any atom is -0.484 e. The molecule has 3 fully saturated rings. The summed E-state index contributed by atoms with van der Waals surface area (Å²) < 4.78 is 108. The minimum atomic E-state index is -4.84. The average Bonchev–Trinajstić information content (AvgIpc) is 3.43. The number of alkyl halides is 6. The number of fused-ring (bicyclic) bond motifs is 1. The quantitative estimate of drug-likeness (QED) is 0.369. The minimum absolute atomic E-state index is 0.152. The number of carbonyl (C=O) groups excluding carboxylic acids is 1. The molecule has 1 N–H and O–H groups in total. The van der Waals surface area contributed by atoms with Gasteiger partial charge in [0, 0.05) is 17.5 Å². The smallest absolute Gasteiger partial charge is 0.419 e. The Balaban J connectivity index is 1.22. The zero-order chi connectivity index (χ0) is 26.1. The molecule has 5 rings (SSSR count). The maximum absolute atomic E-state index is 13.6. The number of rotatable bonds is 10. The van der Waals surface area contributed by atoms with Gasteiger partial charge in [0.2, 0.25) is 5.89 Å². The highest BCUT2D eigenvalue weighted by atomic mass is 19.4. The van der Waals surface area contributed by atoms with Crippen LogP contribution in [-0.2, 0) is 15.7 Å². The van der Waals surface area contributed by atoms with Crippen molar-refractivity contribution in [2.24, 2.45) is 5.92 Å². The number of hydrogen-bond donors (Lipinski definition) is 1. The van der Waals surface area contributed by atoms with E-state index in [-0.39, 0.29) is 42.8 Å². The van der Waals surface area contributed by atoms with Gasteiger partial charge in [0.15, 0.2) is 6.61 Å². The van der Waals surface area contributed by atoms with Gasteiger partial charge in [0.1, 0.15) is 24.8 Å². The van der Waals surface area contributed by atoms with Crippen molar-refractivity contribution in [2.45, 2.75) is 43.1 Å². The maximum Gasteiger partial charge on any atom is 0.419 e. The van der Waals surface area contributed by atoms with Gasteiger partial charge in [-0.1, -0.05) is 5.10 Å². The Morgan fingerprint density at radius 1 is 1.08 bits per heavy atom. The van der Waals surface area contributed by atoms with E-state index in [9.17, 15) is 35.5 Å². The number of amides is 1. The Labute approximate surface area is 199 Å². The van der Waals surface area contributed by atoms with Gasteiger partial charge in [-0.05, 0) is 37.3 Å². The number of nitrogens with zero attached hydrogens (tertiary/aromatic N) is 2. The SMILES string of the molecule is O=C(COc1ccc(C(F)(F)F)c(F)c1)NC12CC(C1)[C@H](c1nnc(OCCOCC(F)(F)F)o1)C2. The van der Waals surface area contributed by atoms with Gasteiger partial charge in [0.25, 0.3) is 5.91 Å². The van der Waals surface area contributed by atoms with E-state index in [1.165, 1.54) is 0 Å². The van der Waals surface area contributed by atoms with Crippen LogP contribution in [0.5, 0.6) is 11.8 Å². The molecule has 8 nitrogen and oxygen atoms in total. The molecule has 0 saturated heterocycles. The molecule has 0 radical (unpaired) electrons. The summed E-state index contributed by atoms with van der Waals surface area (Å²) in [4.78, 5) is 12.3. The first-order valence-corrected chi connectivity index (χ1v) is 10.7. The predicted octanol–water partition coefficient (Wildman–Crippen LogP) is 4.02. The number of carbonyl (C=O) groups is 1. The van der Waals surface area contributed by atoms with Crippen LogP contribution in [-0.4, -0.2) is 54.2 Å². The summed E-state index contributed by atoms with van der Waals surface area (Å²) in [5, 5.41) is 10.5. The summed E-state index contributed by atoms with van der Waals surface area (Å²) in [6, 6.07) is 2.04. The van der Waals surface area contributed by atoms with Crippen LogP contribution in [0.3, 0.4) is 0 Å². The normalized spacial score (nSPS) is 23.3. The molecule has 1 aromatic heterocycles. The summed E-state index contributed by atoms with van der Waals surface area (Å²) in [5.74, 6) is -1.98. The number of benzene rings is 1. The standard InChI is InChI=1S/C21H20F7N3O5/c22-15-5-12(1-2-14(15)21(26,27)28)35-9-16(32)29-19-6-11(7-19)13(8-19)17-30-31-18(36-17)34-4-3-33-10-20(23,24)25/h1-2,5,11,13H,3-4,6-10H2,(H,29,32)/t11?,13-,19?/m1/s1. The Kier molecular flexibility index (Phi) is 7.03. The van der Waals surface area contributed by atoms with Gasteiger partial charge in [0.05, 0.1) is 12.2 Å². The molecule has 2 bridgehead atoms. The molecule has 1 amide bonds. The number of halogens is 7. The molecule has 0 unspecified atom stereocenters. The zero-order valence-corrected chi connectivity index (χ0v) is 18.4. The first-order valence-electron chi connectivity index (χ1n) is 10.7. The fourth-order valence-corrected chi connectivity index (χ4v) is 4.53. The van der Waals surface area contributed by atoms with E-state index in [0.717, 1.165) is 6.07 Å². The Morgan fingerprint density at radius 3 is 2.50 bits per heavy atom. The van der Waals surface area contributed by atoms with Crippen molar-refractivity contribution >= 4 is 5.91 Å². The Bertz CT molecular complexity index is 1080. The first kappa shape index (κ1) is 26.0. The lowest BCUT2D eigenvalue weighted by atomic mass is 9.76. The second kappa shape index (κ2) is 9.75. The van der Waals surface area contributed by atoms with Crippen LogP contribution < -0.4 is 14.8 Å². The van der Waals surface area contributed by atoms with Crippen molar-refractivity contribution in [3.63, 3.8) is 0 Å². The molecule has 198 valence electrons. The molecule has 2 aromatic rings. The maximum atomic E-state index is 13.6. The van der Waals surface area contributed by atoms with Crippen molar-refractivity contribution < 1.29 is 54.2 Å². The highest BCUT2D eigenvalue weighted by Gasteiger charge is 2.58. The predicted molar refractivity (Wildman–Crippen MR) is 105 cm³/mol. The van der Waals surface area contributed by atoms with Gasteiger partial charge in [-0.25, -0.2) is 4.39 Å². The average molecular weight is 527 g/mol. The molecular formula is C21H20F7N3O5. The number of hydrogen-bond acceptors (Lipinski definition) is 7. The van der Waals surface area contributed by atoms with E-state index in [1.807, 2.05) is 0 Å². The lowest BCUT2D eigenvalue weighted by Gasteiger charge is -2.39. The molecule has 3 aliphatic carbocycles. The molecule has 3 saturated carbocycles. The largest absolute Gasteiger partial charge is 0.484 e. The van der Waals surface area contributed by atoms with Crippen LogP contribution in [0.4, 0.5) is 30.7 Å². The zero-order valence-electron chi connectivity index (χ0n) is 18.4. The molecule has 36 heavy (non-hydrogen) atoms. The van der Waals surface area contributed by atoms with Gasteiger partial charge in [-0.15, -0.1) is 5.10 Å². The van der Waals surface area contributed by atoms with E-state index in [4.69, 9.17) is 13.9 Å². The monoisotopic (exact) mass is 527 g/mol. The lowest BCUT2D eigenvalue weighted by molar-refractivity contribution is -0.175. The third kappa shape index (κ3) is 6.17. The van der Waals surface area contributed by atoms with Crippen molar-refractivity contribution in [3.8, 4) is 11.8 Å². The van der Waals surface area contributed by atoms with Crippen LogP contribution in [0.2, 0.25) is 0 Å². The van der Waals surface area contributed by atoms with Crippen molar-refractivity contribution in [3.05, 3.63) is 35.5 Å². The fourth-order valence-electron chi connectivity index (χ4n) is 4.53. The van der Waals surface area contributed by atoms with Crippen molar-refractivity contribution in [1.29, 1.82) is 0 Å². The van der Waals surface area contributed by atoms with Crippen LogP contribution in [0, 0.1) is 11.7 Å². The highest BCUT2D eigenvalue weighted by Crippen LogP contribution is 2.59. The van der Waals surface area contributed by atoms with Gasteiger partial charge >= 0.3 is 18.4 Å². The van der Waals surface area contributed by atoms with E-state index < -0.39 is 48.4 Å². The first-order chi connectivity index (χ1) is 16.8. The molecule has 1 atom stereocenters. The topological polar surface area (TPSA) is 95.7 Å². The summed E-state index contributed by atoms with van der Waals surface area (Å²) in [5.41, 5.74) is -1.97. The van der Waals surface area contributed by atoms with E-state index >= 15 is 0 Å². The second-order valence-corrected chi connectivity index (χ2v) is 8.66. The Morgan fingerprint density at radius 2 is 1.83 bits per heavy atom. The van der Waals surface area contributed by atoms with Gasteiger partial charge in [-0.3, -0.25) is 4.79 Å². The summed E-state index contributed by atoms with van der Waals surface area (Å²) >= 11 is 0. The van der Waals surface area contributed by atoms with Crippen molar-refractivity contribution in [2.75, 3.05) is 26.4 Å². The van der Waals surface area contributed by atoms with E-state index in [2.05, 4.69) is 20.3 Å². The molecule has 0 aliphatic heterocycles. The van der Waals surface area contributed by atoms with Gasteiger partial charge < -0.3 is 23.9 Å². The van der Waals surface area contributed by atoms with Crippen molar-refractivity contribution in [1.82, 2.24) is 15.5 Å². The Hall–Kier alpha value is -3.10. The second-order valence-electron chi connectivity index (χ2n) is 8.66. The third-order valence-corrected chi connectivity index (χ3v) is 5.96. The summed E-state index contributed by atoms with van der Waals surface area (Å²) in [7, 11) is 0.